The summed E-state index contributed by atoms with van der Waals surface area (Å²) in [5.41, 5.74) is 1.91. The molecule has 0 aliphatic heterocycles. The van der Waals surface area contributed by atoms with Crippen LogP contribution in [0.2, 0.25) is 0 Å². The van der Waals surface area contributed by atoms with Crippen molar-refractivity contribution >= 4 is 5.69 Å². The molecule has 0 unspecified atom stereocenters. The second-order valence-electron chi connectivity index (χ2n) is 4.95. The number of pyridine rings is 1. The molecule has 0 atom stereocenters. The van der Waals surface area contributed by atoms with Crippen LogP contribution in [0, 0.1) is 0 Å². The van der Waals surface area contributed by atoms with E-state index in [2.05, 4.69) is 10.3 Å². The van der Waals surface area contributed by atoms with Crippen LogP contribution in [0.3, 0.4) is 0 Å². The highest BCUT2D eigenvalue weighted by molar-refractivity contribution is 5.56. The van der Waals surface area contributed by atoms with Crippen molar-refractivity contribution in [1.82, 2.24) is 4.98 Å². The van der Waals surface area contributed by atoms with E-state index in [0.29, 0.717) is 6.54 Å². The number of methoxy groups -OCH3 is 1. The van der Waals surface area contributed by atoms with Crippen molar-refractivity contribution in [1.29, 1.82) is 0 Å². The van der Waals surface area contributed by atoms with Crippen LogP contribution >= 0.6 is 0 Å². The highest BCUT2D eigenvalue weighted by Gasteiger charge is 2.07. The number of rotatable bonds is 6. The summed E-state index contributed by atoms with van der Waals surface area (Å²) >= 11 is 0. The number of aromatic nitrogens is 1. The summed E-state index contributed by atoms with van der Waals surface area (Å²) in [5, 5.41) is 3.36. The largest absolute Gasteiger partial charge is 0.496 e. The lowest BCUT2D eigenvalue weighted by molar-refractivity contribution is 0.410. The molecule has 3 rings (SSSR count). The molecule has 0 bridgehead atoms. The van der Waals surface area contributed by atoms with Crippen LogP contribution in [-0.4, -0.2) is 12.1 Å². The van der Waals surface area contributed by atoms with E-state index in [4.69, 9.17) is 9.47 Å². The van der Waals surface area contributed by atoms with Crippen molar-refractivity contribution in [3.05, 3.63) is 78.6 Å². The quantitative estimate of drug-likeness (QED) is 0.728. The lowest BCUT2D eigenvalue weighted by Gasteiger charge is -2.14. The second kappa shape index (κ2) is 7.31. The zero-order valence-corrected chi connectivity index (χ0v) is 12.9. The van der Waals surface area contributed by atoms with Gasteiger partial charge >= 0.3 is 0 Å². The fraction of sp³-hybridized carbons (Fsp3) is 0.105. The van der Waals surface area contributed by atoms with Gasteiger partial charge in [-0.1, -0.05) is 36.4 Å². The first-order chi connectivity index (χ1) is 11.4. The first-order valence-electron chi connectivity index (χ1n) is 7.39. The number of ether oxygens (including phenoxy) is 2. The minimum Gasteiger partial charge on any atom is -0.496 e. The normalized spacial score (nSPS) is 10.1. The van der Waals surface area contributed by atoms with E-state index in [-0.39, 0.29) is 0 Å². The molecule has 0 spiro atoms. The SMILES string of the molecule is COc1ccccc1CNc1cnccc1Oc1ccccc1. The van der Waals surface area contributed by atoms with E-state index < -0.39 is 0 Å². The van der Waals surface area contributed by atoms with Crippen LogP contribution in [0.25, 0.3) is 0 Å². The highest BCUT2D eigenvalue weighted by atomic mass is 16.5. The zero-order valence-electron chi connectivity index (χ0n) is 12.9. The molecule has 1 heterocycles. The van der Waals surface area contributed by atoms with Crippen molar-refractivity contribution in [2.24, 2.45) is 0 Å². The maximum absolute atomic E-state index is 5.92. The highest BCUT2D eigenvalue weighted by Crippen LogP contribution is 2.29. The molecule has 0 aliphatic carbocycles. The fourth-order valence-corrected chi connectivity index (χ4v) is 2.26. The van der Waals surface area contributed by atoms with Gasteiger partial charge in [-0.2, -0.15) is 0 Å². The first kappa shape index (κ1) is 14.9. The summed E-state index contributed by atoms with van der Waals surface area (Å²) in [7, 11) is 1.67. The van der Waals surface area contributed by atoms with Gasteiger partial charge in [-0.05, 0) is 18.2 Å². The van der Waals surface area contributed by atoms with E-state index in [1.54, 1.807) is 19.5 Å². The summed E-state index contributed by atoms with van der Waals surface area (Å²) in [4.78, 5) is 4.17. The van der Waals surface area contributed by atoms with Gasteiger partial charge in [0, 0.05) is 24.4 Å². The molecule has 4 heteroatoms. The molecule has 0 saturated carbocycles. The third kappa shape index (κ3) is 3.80. The summed E-state index contributed by atoms with van der Waals surface area (Å²) < 4.78 is 11.3. The molecule has 0 aliphatic rings. The Hall–Kier alpha value is -3.01. The predicted molar refractivity (Wildman–Crippen MR) is 91.1 cm³/mol. The van der Waals surface area contributed by atoms with Gasteiger partial charge < -0.3 is 14.8 Å². The van der Waals surface area contributed by atoms with Crippen LogP contribution in [-0.2, 0) is 6.54 Å². The number of nitrogens with zero attached hydrogens (tertiary/aromatic N) is 1. The van der Waals surface area contributed by atoms with Gasteiger partial charge in [-0.15, -0.1) is 0 Å². The van der Waals surface area contributed by atoms with Gasteiger partial charge in [-0.3, -0.25) is 4.98 Å². The maximum atomic E-state index is 5.92. The standard InChI is InChI=1S/C19H18N2O2/c1-22-18-10-6-5-7-15(18)13-21-17-14-20-12-11-19(17)23-16-8-3-2-4-9-16/h2-12,14,21H,13H2,1H3. The molecule has 1 N–H and O–H groups in total. The van der Waals surface area contributed by atoms with E-state index in [9.17, 15) is 0 Å². The zero-order chi connectivity index (χ0) is 15.9. The topological polar surface area (TPSA) is 43.4 Å². The lowest BCUT2D eigenvalue weighted by atomic mass is 10.2. The Morgan fingerprint density at radius 2 is 1.70 bits per heavy atom. The molecule has 0 radical (unpaired) electrons. The fourth-order valence-electron chi connectivity index (χ4n) is 2.26. The van der Waals surface area contributed by atoms with Crippen LogP contribution in [0.1, 0.15) is 5.56 Å². The second-order valence-corrected chi connectivity index (χ2v) is 4.95. The van der Waals surface area contributed by atoms with Crippen molar-refractivity contribution in [3.8, 4) is 17.2 Å². The van der Waals surface area contributed by atoms with Crippen LogP contribution < -0.4 is 14.8 Å². The molecule has 116 valence electrons. The number of anilines is 1. The van der Waals surface area contributed by atoms with Crippen LogP contribution in [0.4, 0.5) is 5.69 Å². The summed E-state index contributed by atoms with van der Waals surface area (Å²) in [6.45, 7) is 0.626. The monoisotopic (exact) mass is 306 g/mol. The number of para-hydroxylation sites is 2. The summed E-state index contributed by atoms with van der Waals surface area (Å²) in [5.74, 6) is 2.38. The van der Waals surface area contributed by atoms with Crippen LogP contribution in [0.15, 0.2) is 73.1 Å². The smallest absolute Gasteiger partial charge is 0.153 e. The van der Waals surface area contributed by atoms with Gasteiger partial charge in [0.25, 0.3) is 0 Å². The average Bonchev–Trinajstić information content (AvgIpc) is 2.62. The molecule has 4 nitrogen and oxygen atoms in total. The molecule has 23 heavy (non-hydrogen) atoms. The molecular weight excluding hydrogens is 288 g/mol. The first-order valence-corrected chi connectivity index (χ1v) is 7.39. The Labute approximate surface area is 135 Å². The van der Waals surface area contributed by atoms with Gasteiger partial charge in [0.2, 0.25) is 0 Å². The average molecular weight is 306 g/mol. The van der Waals surface area contributed by atoms with Crippen molar-refractivity contribution in [2.45, 2.75) is 6.54 Å². The molecule has 2 aromatic carbocycles. The number of hydrogen-bond donors (Lipinski definition) is 1. The maximum Gasteiger partial charge on any atom is 0.153 e. The molecule has 0 amide bonds. The molecule has 0 fully saturated rings. The summed E-state index contributed by atoms with van der Waals surface area (Å²) in [6, 6.07) is 19.5. The number of nitrogens with one attached hydrogen (secondary N) is 1. The molecular formula is C19H18N2O2. The minimum absolute atomic E-state index is 0.626. The van der Waals surface area contributed by atoms with Crippen molar-refractivity contribution in [2.75, 3.05) is 12.4 Å². The number of benzene rings is 2. The summed E-state index contributed by atoms with van der Waals surface area (Å²) in [6.07, 6.45) is 3.47. The third-order valence-corrected chi connectivity index (χ3v) is 3.41. The Kier molecular flexibility index (Phi) is 4.74. The Bertz CT molecular complexity index is 760. The molecule has 3 aromatic rings. The Morgan fingerprint density at radius 1 is 0.913 bits per heavy atom. The van der Waals surface area contributed by atoms with Crippen molar-refractivity contribution in [3.63, 3.8) is 0 Å². The van der Waals surface area contributed by atoms with E-state index >= 15 is 0 Å². The van der Waals surface area contributed by atoms with E-state index in [0.717, 1.165) is 28.5 Å². The molecule has 1 aromatic heterocycles. The van der Waals surface area contributed by atoms with E-state index in [1.807, 2.05) is 60.7 Å². The minimum atomic E-state index is 0.626. The van der Waals surface area contributed by atoms with Gasteiger partial charge in [0.15, 0.2) is 5.75 Å². The predicted octanol–water partition coefficient (Wildman–Crippen LogP) is 4.49. The third-order valence-electron chi connectivity index (χ3n) is 3.41. The number of hydrogen-bond acceptors (Lipinski definition) is 4. The Balaban J connectivity index is 1.76. The van der Waals surface area contributed by atoms with Gasteiger partial charge in [0.1, 0.15) is 11.5 Å². The van der Waals surface area contributed by atoms with Gasteiger partial charge in [0.05, 0.1) is 19.0 Å². The lowest BCUT2D eigenvalue weighted by Crippen LogP contribution is -2.03. The molecule has 0 saturated heterocycles. The van der Waals surface area contributed by atoms with Crippen molar-refractivity contribution < 1.29 is 9.47 Å². The van der Waals surface area contributed by atoms with E-state index in [1.165, 1.54) is 0 Å². The van der Waals surface area contributed by atoms with Crippen LogP contribution in [0.5, 0.6) is 17.2 Å². The Morgan fingerprint density at radius 3 is 2.52 bits per heavy atom. The van der Waals surface area contributed by atoms with Gasteiger partial charge in [-0.25, -0.2) is 0 Å².